The first-order chi connectivity index (χ1) is 16.2. The van der Waals surface area contributed by atoms with Gasteiger partial charge in [0, 0.05) is 44.1 Å². The lowest BCUT2D eigenvalue weighted by Crippen LogP contribution is -2.22. The molecule has 4 aromatic rings. The van der Waals surface area contributed by atoms with Gasteiger partial charge in [-0.2, -0.15) is 0 Å². The van der Waals surface area contributed by atoms with Gasteiger partial charge in [-0.05, 0) is 24.2 Å². The number of ether oxygens (including phenoxy) is 2. The number of benzene rings is 1. The van der Waals surface area contributed by atoms with Gasteiger partial charge in [-0.25, -0.2) is 15.0 Å². The minimum Gasteiger partial charge on any atom is -0.454 e. The molecule has 0 bridgehead atoms. The summed E-state index contributed by atoms with van der Waals surface area (Å²) in [5.74, 6) is 0.669. The molecule has 34 heavy (non-hydrogen) atoms. The van der Waals surface area contributed by atoms with E-state index in [1.807, 2.05) is 0 Å². The van der Waals surface area contributed by atoms with E-state index < -0.39 is 8.07 Å². The predicted molar refractivity (Wildman–Crippen MR) is 136 cm³/mol. The second-order valence-corrected chi connectivity index (χ2v) is 15.4. The van der Waals surface area contributed by atoms with Gasteiger partial charge >= 0.3 is 0 Å². The average molecular weight is 515 g/mol. The van der Waals surface area contributed by atoms with E-state index in [2.05, 4.69) is 34.6 Å². The van der Waals surface area contributed by atoms with Crippen LogP contribution >= 0.6 is 23.2 Å². The largest absolute Gasteiger partial charge is 0.454 e. The molecule has 0 saturated heterocycles. The fraction of sp³-hybridized carbons (Fsp3) is 0.250. The van der Waals surface area contributed by atoms with Crippen molar-refractivity contribution in [3.05, 3.63) is 76.6 Å². The van der Waals surface area contributed by atoms with Crippen molar-refractivity contribution >= 4 is 48.1 Å². The Hall–Kier alpha value is -2.78. The highest BCUT2D eigenvalue weighted by Gasteiger charge is 2.22. The lowest BCUT2D eigenvalue weighted by Gasteiger charge is -2.15. The number of carbonyl (C=O) groups excluding carboxylic acids is 1. The zero-order valence-corrected chi connectivity index (χ0v) is 21.6. The minimum atomic E-state index is -1.21. The molecule has 0 fully saturated rings. The van der Waals surface area contributed by atoms with Crippen molar-refractivity contribution in [2.45, 2.75) is 32.4 Å². The Morgan fingerprint density at radius 1 is 1.03 bits per heavy atom. The Bertz CT molecular complexity index is 1320. The number of hydrogen-bond donors (Lipinski definition) is 0. The van der Waals surface area contributed by atoms with Gasteiger partial charge < -0.3 is 14.0 Å². The first kappa shape index (κ1) is 24.3. The Labute approximate surface area is 208 Å². The number of fused-ring (bicyclic) bond motifs is 1. The first-order valence-corrected chi connectivity index (χ1v) is 15.2. The summed E-state index contributed by atoms with van der Waals surface area (Å²) >= 11 is 13.0. The molecule has 4 rings (SSSR count). The van der Waals surface area contributed by atoms with E-state index in [0.717, 1.165) is 6.04 Å². The molecule has 1 aromatic carbocycles. The molecule has 0 aliphatic heterocycles. The summed E-state index contributed by atoms with van der Waals surface area (Å²) in [4.78, 5) is 25.8. The molecular weight excluding hydrogens is 491 g/mol. The van der Waals surface area contributed by atoms with Crippen molar-refractivity contribution in [2.75, 3.05) is 6.61 Å². The zero-order chi connectivity index (χ0) is 24.3. The van der Waals surface area contributed by atoms with E-state index >= 15 is 0 Å². The summed E-state index contributed by atoms with van der Waals surface area (Å²) in [6.07, 6.45) is 7.83. The zero-order valence-electron chi connectivity index (χ0n) is 19.1. The molecule has 176 valence electrons. The van der Waals surface area contributed by atoms with E-state index in [1.54, 1.807) is 41.2 Å². The molecule has 0 aliphatic rings. The van der Waals surface area contributed by atoms with Crippen LogP contribution in [0.15, 0.2) is 55.4 Å². The first-order valence-electron chi connectivity index (χ1n) is 10.7. The number of hydrogen-bond acceptors (Lipinski definition) is 6. The van der Waals surface area contributed by atoms with Crippen LogP contribution in [0.3, 0.4) is 0 Å². The molecular formula is C24H24Cl2N4O3Si. The van der Waals surface area contributed by atoms with Crippen LogP contribution in [-0.4, -0.2) is 40.0 Å². The molecule has 0 radical (unpaired) electrons. The monoisotopic (exact) mass is 514 g/mol. The average Bonchev–Trinajstić information content (AvgIpc) is 3.16. The van der Waals surface area contributed by atoms with Gasteiger partial charge in [0.05, 0.1) is 28.0 Å². The summed E-state index contributed by atoms with van der Waals surface area (Å²) in [7, 11) is -1.21. The van der Waals surface area contributed by atoms with Crippen LogP contribution in [0.2, 0.25) is 35.7 Å². The van der Waals surface area contributed by atoms with E-state index in [4.69, 9.17) is 32.7 Å². The van der Waals surface area contributed by atoms with Crippen LogP contribution in [0.1, 0.15) is 15.9 Å². The molecule has 7 nitrogen and oxygen atoms in total. The lowest BCUT2D eigenvalue weighted by atomic mass is 10.0. The van der Waals surface area contributed by atoms with Crippen molar-refractivity contribution in [3.63, 3.8) is 0 Å². The predicted octanol–water partition coefficient (Wildman–Crippen LogP) is 6.47. The lowest BCUT2D eigenvalue weighted by molar-refractivity contribution is 0.0896. The molecule has 3 aromatic heterocycles. The molecule has 10 heteroatoms. The van der Waals surface area contributed by atoms with Crippen molar-refractivity contribution < 1.29 is 14.3 Å². The quantitative estimate of drug-likeness (QED) is 0.144. The van der Waals surface area contributed by atoms with Gasteiger partial charge in [-0.1, -0.05) is 42.8 Å². The molecule has 0 unspecified atom stereocenters. The number of aromatic nitrogens is 4. The second kappa shape index (κ2) is 10.2. The third-order valence-corrected chi connectivity index (χ3v) is 7.47. The highest BCUT2D eigenvalue weighted by atomic mass is 35.5. The summed E-state index contributed by atoms with van der Waals surface area (Å²) in [5.41, 5.74) is 1.33. The van der Waals surface area contributed by atoms with E-state index in [1.165, 1.54) is 18.7 Å². The van der Waals surface area contributed by atoms with Crippen molar-refractivity contribution in [2.24, 2.45) is 0 Å². The molecule has 3 heterocycles. The maximum atomic E-state index is 13.5. The highest BCUT2D eigenvalue weighted by molar-refractivity contribution is 6.76. The molecule has 0 atom stereocenters. The summed E-state index contributed by atoms with van der Waals surface area (Å²) in [6.45, 7) is 7.83. The maximum Gasteiger partial charge on any atom is 0.196 e. The smallest absolute Gasteiger partial charge is 0.196 e. The third kappa shape index (κ3) is 5.64. The van der Waals surface area contributed by atoms with Crippen LogP contribution < -0.4 is 4.74 Å². The molecule has 0 N–H and O–H groups in total. The Morgan fingerprint density at radius 3 is 2.50 bits per heavy atom. The Balaban J connectivity index is 1.61. The van der Waals surface area contributed by atoms with Crippen LogP contribution in [0.4, 0.5) is 0 Å². The van der Waals surface area contributed by atoms with Crippen LogP contribution in [-0.2, 0) is 11.5 Å². The second-order valence-electron chi connectivity index (χ2n) is 9.00. The summed E-state index contributed by atoms with van der Waals surface area (Å²) < 4.78 is 13.4. The van der Waals surface area contributed by atoms with Gasteiger partial charge in [-0.3, -0.25) is 4.79 Å². The summed E-state index contributed by atoms with van der Waals surface area (Å²) in [5, 5.41) is 1.27. The van der Waals surface area contributed by atoms with Crippen molar-refractivity contribution in [1.29, 1.82) is 0 Å². The topological polar surface area (TPSA) is 79.1 Å². The van der Waals surface area contributed by atoms with Crippen LogP contribution in [0.25, 0.3) is 11.0 Å². The number of halogens is 2. The summed E-state index contributed by atoms with van der Waals surface area (Å²) in [6, 6.07) is 7.59. The third-order valence-electron chi connectivity index (χ3n) is 5.14. The van der Waals surface area contributed by atoms with E-state index in [9.17, 15) is 4.79 Å². The molecule has 0 amide bonds. The van der Waals surface area contributed by atoms with E-state index in [0.29, 0.717) is 45.3 Å². The number of pyridine rings is 1. The van der Waals surface area contributed by atoms with Gasteiger partial charge in [0.1, 0.15) is 24.5 Å². The molecule has 0 aliphatic carbocycles. The number of carbonyl (C=O) groups is 1. The minimum absolute atomic E-state index is 0.256. The normalized spacial score (nSPS) is 11.7. The van der Waals surface area contributed by atoms with Gasteiger partial charge in [0.25, 0.3) is 0 Å². The Morgan fingerprint density at radius 2 is 1.79 bits per heavy atom. The number of nitrogens with zero attached hydrogens (tertiary/aromatic N) is 4. The van der Waals surface area contributed by atoms with Gasteiger partial charge in [0.2, 0.25) is 0 Å². The van der Waals surface area contributed by atoms with Crippen molar-refractivity contribution in [3.8, 4) is 11.5 Å². The van der Waals surface area contributed by atoms with Crippen LogP contribution in [0.5, 0.6) is 11.5 Å². The fourth-order valence-electron chi connectivity index (χ4n) is 3.35. The van der Waals surface area contributed by atoms with Crippen LogP contribution in [0, 0.1) is 0 Å². The molecule has 0 spiro atoms. The van der Waals surface area contributed by atoms with Gasteiger partial charge in [0.15, 0.2) is 11.5 Å². The fourth-order valence-corrected chi connectivity index (χ4v) is 4.61. The maximum absolute atomic E-state index is 13.5. The Kier molecular flexibility index (Phi) is 7.32. The molecule has 0 saturated carbocycles. The SMILES string of the molecule is C[Si](C)(C)CCOCn1cc(C(=O)c2ccc(Oc3cncnc3)cc2Cl)c2c(Cl)ccnc21. The van der Waals surface area contributed by atoms with Crippen molar-refractivity contribution in [1.82, 2.24) is 19.5 Å². The van der Waals surface area contributed by atoms with Gasteiger partial charge in [-0.15, -0.1) is 0 Å². The highest BCUT2D eigenvalue weighted by Crippen LogP contribution is 2.32. The number of ketones is 1. The standard InChI is InChI=1S/C24H24Cl2N4O3Si/c1-34(2,3)9-8-32-15-30-13-19(22-20(25)6-7-29-24(22)30)23(31)18-5-4-16(10-21(18)26)33-17-11-27-14-28-12-17/h4-7,10-14H,8-9,15H2,1-3H3. The van der Waals surface area contributed by atoms with E-state index in [-0.39, 0.29) is 17.5 Å². The number of rotatable bonds is 9.